The van der Waals surface area contributed by atoms with Gasteiger partial charge in [-0.25, -0.2) is 9.78 Å². The second kappa shape index (κ2) is 9.97. The van der Waals surface area contributed by atoms with E-state index < -0.39 is 17.9 Å². The topological polar surface area (TPSA) is 91.7 Å². The van der Waals surface area contributed by atoms with Gasteiger partial charge >= 0.3 is 6.09 Å². The summed E-state index contributed by atoms with van der Waals surface area (Å²) < 4.78 is 17.0. The maximum atomic E-state index is 13.0. The van der Waals surface area contributed by atoms with Gasteiger partial charge < -0.3 is 14.2 Å². The first-order valence-corrected chi connectivity index (χ1v) is 9.67. The van der Waals surface area contributed by atoms with Gasteiger partial charge in [0.25, 0.3) is 5.56 Å². The molecule has 1 amide bonds. The smallest absolute Gasteiger partial charge is 0.412 e. The van der Waals surface area contributed by atoms with Crippen LogP contribution in [0.25, 0.3) is 10.7 Å². The van der Waals surface area contributed by atoms with Crippen LogP contribution in [0.5, 0.6) is 0 Å². The largest absolute Gasteiger partial charge is 0.444 e. The first-order valence-electron chi connectivity index (χ1n) is 8.79. The number of hydrogen-bond acceptors (Lipinski definition) is 7. The standard InChI is InChI=1S/C20H21N3O5S/c1-26-17(27-2)12-23-18(16-9-6-10-29-16)21-11-15(19(23)24)22-20(25)28-13-14-7-4-3-5-8-14/h3-11,17H,12-13H2,1-2H3,(H,22,25). The Hall–Kier alpha value is -3.01. The van der Waals surface area contributed by atoms with E-state index in [4.69, 9.17) is 14.2 Å². The Labute approximate surface area is 171 Å². The lowest BCUT2D eigenvalue weighted by Crippen LogP contribution is -2.33. The molecular formula is C20H21N3O5S. The summed E-state index contributed by atoms with van der Waals surface area (Å²) in [5.74, 6) is 0.465. The van der Waals surface area contributed by atoms with Gasteiger partial charge in [-0.2, -0.15) is 0 Å². The van der Waals surface area contributed by atoms with Gasteiger partial charge in [0.2, 0.25) is 0 Å². The van der Waals surface area contributed by atoms with Gasteiger partial charge in [-0.1, -0.05) is 36.4 Å². The van der Waals surface area contributed by atoms with E-state index >= 15 is 0 Å². The second-order valence-electron chi connectivity index (χ2n) is 5.98. The maximum absolute atomic E-state index is 13.0. The Balaban J connectivity index is 1.82. The molecule has 1 N–H and O–H groups in total. The van der Waals surface area contributed by atoms with Crippen molar-refractivity contribution in [1.29, 1.82) is 0 Å². The molecule has 2 aromatic heterocycles. The third-order valence-corrected chi connectivity index (χ3v) is 4.96. The summed E-state index contributed by atoms with van der Waals surface area (Å²) in [6.45, 7) is 0.206. The molecule has 29 heavy (non-hydrogen) atoms. The van der Waals surface area contributed by atoms with Crippen molar-refractivity contribution in [3.8, 4) is 10.7 Å². The molecule has 0 saturated heterocycles. The molecule has 8 nitrogen and oxygen atoms in total. The number of anilines is 1. The SMILES string of the molecule is COC(Cn1c(-c2cccs2)ncc(NC(=O)OCc2ccccc2)c1=O)OC. The number of amides is 1. The summed E-state index contributed by atoms with van der Waals surface area (Å²) in [5, 5.41) is 4.36. The van der Waals surface area contributed by atoms with E-state index in [0.717, 1.165) is 10.4 Å². The van der Waals surface area contributed by atoms with Crippen molar-refractivity contribution in [2.75, 3.05) is 19.5 Å². The van der Waals surface area contributed by atoms with Gasteiger partial charge in [0.15, 0.2) is 12.1 Å². The molecule has 152 valence electrons. The number of benzene rings is 1. The molecule has 1 aromatic carbocycles. The van der Waals surface area contributed by atoms with Crippen LogP contribution in [0, 0.1) is 0 Å². The number of nitrogens with one attached hydrogen (secondary N) is 1. The second-order valence-corrected chi connectivity index (χ2v) is 6.92. The molecule has 0 unspecified atom stereocenters. The van der Waals surface area contributed by atoms with E-state index in [-0.39, 0.29) is 18.8 Å². The molecule has 0 atom stereocenters. The molecule has 0 radical (unpaired) electrons. The van der Waals surface area contributed by atoms with E-state index in [1.165, 1.54) is 36.3 Å². The molecular weight excluding hydrogens is 394 g/mol. The molecule has 0 aliphatic rings. The first kappa shape index (κ1) is 20.7. The minimum absolute atomic E-state index is 0.00863. The van der Waals surface area contributed by atoms with Gasteiger partial charge in [-0.3, -0.25) is 14.7 Å². The molecule has 0 aliphatic carbocycles. The lowest BCUT2D eigenvalue weighted by molar-refractivity contribution is -0.111. The fraction of sp³-hybridized carbons (Fsp3) is 0.250. The molecule has 0 spiro atoms. The van der Waals surface area contributed by atoms with Crippen molar-refractivity contribution in [1.82, 2.24) is 9.55 Å². The van der Waals surface area contributed by atoms with Crippen molar-refractivity contribution < 1.29 is 19.0 Å². The number of ether oxygens (including phenoxy) is 3. The van der Waals surface area contributed by atoms with E-state index in [1.807, 2.05) is 47.8 Å². The van der Waals surface area contributed by atoms with Gasteiger partial charge in [0.05, 0.1) is 17.6 Å². The molecule has 0 bridgehead atoms. The van der Waals surface area contributed by atoms with Crippen LogP contribution in [0.1, 0.15) is 5.56 Å². The quantitative estimate of drug-likeness (QED) is 0.568. The predicted octanol–water partition coefficient (Wildman–Crippen LogP) is 3.34. The Morgan fingerprint density at radius 3 is 2.59 bits per heavy atom. The van der Waals surface area contributed by atoms with Crippen LogP contribution in [-0.2, 0) is 27.4 Å². The summed E-state index contributed by atoms with van der Waals surface area (Å²) in [4.78, 5) is 30.3. The van der Waals surface area contributed by atoms with Crippen LogP contribution in [-0.4, -0.2) is 36.2 Å². The molecule has 3 rings (SSSR count). The Morgan fingerprint density at radius 1 is 1.17 bits per heavy atom. The fourth-order valence-corrected chi connectivity index (χ4v) is 3.34. The number of hydrogen-bond donors (Lipinski definition) is 1. The highest BCUT2D eigenvalue weighted by Gasteiger charge is 2.18. The average Bonchev–Trinajstić information content (AvgIpc) is 3.28. The van der Waals surface area contributed by atoms with Gasteiger partial charge in [-0.15, -0.1) is 11.3 Å². The summed E-state index contributed by atoms with van der Waals surface area (Å²) >= 11 is 1.45. The average molecular weight is 415 g/mol. The first-order chi connectivity index (χ1) is 14.1. The minimum Gasteiger partial charge on any atom is -0.444 e. The van der Waals surface area contributed by atoms with Crippen LogP contribution in [0.4, 0.5) is 10.5 Å². The zero-order valence-electron chi connectivity index (χ0n) is 16.0. The molecule has 0 fully saturated rings. The van der Waals surface area contributed by atoms with Gasteiger partial charge in [0, 0.05) is 14.2 Å². The van der Waals surface area contributed by atoms with Crippen molar-refractivity contribution in [2.45, 2.75) is 19.4 Å². The summed E-state index contributed by atoms with van der Waals surface area (Å²) in [6, 6.07) is 13.0. The van der Waals surface area contributed by atoms with Crippen LogP contribution >= 0.6 is 11.3 Å². The van der Waals surface area contributed by atoms with Crippen molar-refractivity contribution in [3.63, 3.8) is 0 Å². The van der Waals surface area contributed by atoms with Gasteiger partial charge in [0.1, 0.15) is 12.3 Å². The summed E-state index contributed by atoms with van der Waals surface area (Å²) in [7, 11) is 2.97. The molecule has 3 aromatic rings. The van der Waals surface area contributed by atoms with E-state index in [9.17, 15) is 9.59 Å². The molecule has 0 saturated carbocycles. The van der Waals surface area contributed by atoms with Crippen LogP contribution < -0.4 is 10.9 Å². The highest BCUT2D eigenvalue weighted by Crippen LogP contribution is 2.22. The van der Waals surface area contributed by atoms with E-state index in [1.54, 1.807) is 0 Å². The van der Waals surface area contributed by atoms with Crippen LogP contribution in [0.15, 0.2) is 58.8 Å². The van der Waals surface area contributed by atoms with Crippen LogP contribution in [0.2, 0.25) is 0 Å². The van der Waals surface area contributed by atoms with Gasteiger partial charge in [-0.05, 0) is 17.0 Å². The highest BCUT2D eigenvalue weighted by atomic mass is 32.1. The summed E-state index contributed by atoms with van der Waals surface area (Å²) in [6.07, 6.45) is -0.0570. The zero-order chi connectivity index (χ0) is 20.6. The van der Waals surface area contributed by atoms with Crippen LogP contribution in [0.3, 0.4) is 0 Å². The number of aromatic nitrogens is 2. The Kier molecular flexibility index (Phi) is 7.12. The van der Waals surface area contributed by atoms with Crippen molar-refractivity contribution in [2.24, 2.45) is 0 Å². The lowest BCUT2D eigenvalue weighted by Gasteiger charge is -2.18. The summed E-state index contributed by atoms with van der Waals surface area (Å²) in [5.41, 5.74) is 0.419. The number of carbonyl (C=O) groups is 1. The monoisotopic (exact) mass is 415 g/mol. The molecule has 2 heterocycles. The van der Waals surface area contributed by atoms with E-state index in [2.05, 4.69) is 10.3 Å². The van der Waals surface area contributed by atoms with Crippen molar-refractivity contribution >= 4 is 23.1 Å². The third kappa shape index (κ3) is 5.29. The minimum atomic E-state index is -0.738. The zero-order valence-corrected chi connectivity index (χ0v) is 16.8. The Morgan fingerprint density at radius 2 is 1.93 bits per heavy atom. The number of thiophene rings is 1. The van der Waals surface area contributed by atoms with Crippen molar-refractivity contribution in [3.05, 3.63) is 70.0 Å². The normalized spacial score (nSPS) is 10.9. The lowest BCUT2D eigenvalue weighted by atomic mass is 10.2. The maximum Gasteiger partial charge on any atom is 0.412 e. The number of methoxy groups -OCH3 is 2. The number of nitrogens with zero attached hydrogens (tertiary/aromatic N) is 2. The predicted molar refractivity (Wildman–Crippen MR) is 110 cm³/mol. The Bertz CT molecular complexity index is 985. The molecule has 0 aliphatic heterocycles. The number of carbonyl (C=O) groups excluding carboxylic acids is 1. The van der Waals surface area contributed by atoms with E-state index in [0.29, 0.717) is 5.82 Å². The third-order valence-electron chi connectivity index (χ3n) is 4.10. The highest BCUT2D eigenvalue weighted by molar-refractivity contribution is 7.13. The number of rotatable bonds is 8. The molecule has 9 heteroatoms. The fourth-order valence-electron chi connectivity index (χ4n) is 2.61.